The number of nitrogens with two attached hydrogens (primary N) is 1. The molecule has 1 heterocycles. The van der Waals surface area contributed by atoms with Crippen LogP contribution in [-0.2, 0) is 9.84 Å². The molecule has 1 aromatic heterocycles. The van der Waals surface area contributed by atoms with Gasteiger partial charge in [-0.25, -0.2) is 8.42 Å². The number of fused-ring (bicyclic) bond motifs is 1. The van der Waals surface area contributed by atoms with Gasteiger partial charge in [0.25, 0.3) is 0 Å². The summed E-state index contributed by atoms with van der Waals surface area (Å²) < 4.78 is 32.1. The molecule has 4 aromatic rings. The van der Waals surface area contributed by atoms with Crippen molar-refractivity contribution in [3.8, 4) is 11.5 Å². The summed E-state index contributed by atoms with van der Waals surface area (Å²) in [5.41, 5.74) is 7.60. The van der Waals surface area contributed by atoms with E-state index in [1.165, 1.54) is 12.3 Å². The van der Waals surface area contributed by atoms with E-state index in [-0.39, 0.29) is 31.3 Å². The molecular formula is C21H15Cl2N2O3S. The number of aryl methyl sites for hydroxylation is 1. The Morgan fingerprint density at radius 3 is 2.55 bits per heavy atom. The molecule has 0 aliphatic rings. The van der Waals surface area contributed by atoms with E-state index in [2.05, 4.69) is 11.1 Å². The minimum absolute atomic E-state index is 0.138. The van der Waals surface area contributed by atoms with Crippen molar-refractivity contribution < 1.29 is 13.2 Å². The summed E-state index contributed by atoms with van der Waals surface area (Å²) in [7, 11) is -3.72. The maximum atomic E-state index is 13.1. The number of aromatic amines is 1. The highest BCUT2D eigenvalue weighted by Crippen LogP contribution is 2.40. The van der Waals surface area contributed by atoms with Crippen LogP contribution in [0.5, 0.6) is 11.5 Å². The number of anilines is 1. The van der Waals surface area contributed by atoms with Gasteiger partial charge in [-0.3, -0.25) is 0 Å². The number of nitrogens with one attached hydrogen (secondary N) is 1. The lowest BCUT2D eigenvalue weighted by Crippen LogP contribution is -2.01. The molecule has 29 heavy (non-hydrogen) atoms. The number of benzene rings is 3. The van der Waals surface area contributed by atoms with E-state index in [0.717, 1.165) is 5.56 Å². The Bertz CT molecular complexity index is 1330. The number of ether oxygens (including phenoxy) is 1. The van der Waals surface area contributed by atoms with Crippen LogP contribution in [0.2, 0.25) is 10.0 Å². The lowest BCUT2D eigenvalue weighted by molar-refractivity contribution is 0.484. The van der Waals surface area contributed by atoms with Gasteiger partial charge in [0.2, 0.25) is 9.84 Å². The van der Waals surface area contributed by atoms with Crippen LogP contribution in [0.1, 0.15) is 5.56 Å². The lowest BCUT2D eigenvalue weighted by Gasteiger charge is -2.11. The van der Waals surface area contributed by atoms with Gasteiger partial charge < -0.3 is 15.5 Å². The first-order valence-electron chi connectivity index (χ1n) is 8.53. The number of hydrogen-bond donors (Lipinski definition) is 2. The van der Waals surface area contributed by atoms with Gasteiger partial charge in [-0.1, -0.05) is 40.9 Å². The monoisotopic (exact) mass is 445 g/mol. The molecule has 0 unspecified atom stereocenters. The van der Waals surface area contributed by atoms with Crippen molar-refractivity contribution in [1.29, 1.82) is 0 Å². The van der Waals surface area contributed by atoms with Crippen molar-refractivity contribution in [2.24, 2.45) is 0 Å². The Morgan fingerprint density at radius 2 is 1.83 bits per heavy atom. The zero-order chi connectivity index (χ0) is 20.8. The highest BCUT2D eigenvalue weighted by molar-refractivity contribution is 7.91. The molecule has 0 saturated carbocycles. The fourth-order valence-electron chi connectivity index (χ4n) is 2.91. The Hall–Kier alpha value is -2.67. The second kappa shape index (κ2) is 7.30. The van der Waals surface area contributed by atoms with Crippen LogP contribution >= 0.6 is 23.2 Å². The highest BCUT2D eigenvalue weighted by atomic mass is 35.5. The molecule has 0 aliphatic heterocycles. The van der Waals surface area contributed by atoms with E-state index in [1.807, 2.05) is 6.92 Å². The molecule has 147 valence electrons. The standard InChI is InChI=1S/C21H15Cl2N2O3S/c1-12-2-5-14(6-3-12)29(26,27)19-11-25-18-9-4-13(10-15(18)19)28-21-16(22)7-8-17(24)20(21)23/h2-7,9-11,25H,24H2,1H3. The quantitative estimate of drug-likeness (QED) is 0.389. The van der Waals surface area contributed by atoms with Gasteiger partial charge in [-0.2, -0.15) is 0 Å². The van der Waals surface area contributed by atoms with Crippen molar-refractivity contribution >= 4 is 49.6 Å². The second-order valence-corrected chi connectivity index (χ2v) is 9.18. The fraction of sp³-hybridized carbons (Fsp3) is 0.0476. The average Bonchev–Trinajstić information content (AvgIpc) is 3.13. The SMILES string of the molecule is Cc1ccc(S(=O)(=O)c2c[nH]c3ccc(Oc4c(Cl)c[c]c(N)c4Cl)cc23)cc1. The summed E-state index contributed by atoms with van der Waals surface area (Å²) in [6.45, 7) is 1.90. The molecule has 3 aromatic carbocycles. The largest absolute Gasteiger partial charge is 0.454 e. The molecule has 0 atom stereocenters. The number of nitrogen functional groups attached to an aromatic ring is 1. The van der Waals surface area contributed by atoms with Crippen molar-refractivity contribution in [3.63, 3.8) is 0 Å². The highest BCUT2D eigenvalue weighted by Gasteiger charge is 2.22. The second-order valence-electron chi connectivity index (χ2n) is 6.47. The molecule has 1 radical (unpaired) electrons. The van der Waals surface area contributed by atoms with Gasteiger partial charge in [-0.15, -0.1) is 0 Å². The summed E-state index contributed by atoms with van der Waals surface area (Å²) in [5.74, 6) is 0.550. The van der Waals surface area contributed by atoms with Crippen molar-refractivity contribution in [2.45, 2.75) is 16.7 Å². The van der Waals surface area contributed by atoms with Gasteiger partial charge in [0, 0.05) is 23.2 Å². The zero-order valence-corrected chi connectivity index (χ0v) is 17.5. The first kappa shape index (κ1) is 19.6. The van der Waals surface area contributed by atoms with E-state index >= 15 is 0 Å². The third kappa shape index (κ3) is 3.55. The summed E-state index contributed by atoms with van der Waals surface area (Å²) in [5, 5.41) is 0.871. The van der Waals surface area contributed by atoms with Crippen LogP contribution < -0.4 is 10.5 Å². The van der Waals surface area contributed by atoms with Crippen LogP contribution in [0.4, 0.5) is 5.69 Å². The number of sulfone groups is 1. The van der Waals surface area contributed by atoms with Gasteiger partial charge in [0.15, 0.2) is 5.75 Å². The maximum Gasteiger partial charge on any atom is 0.208 e. The molecule has 3 N–H and O–H groups in total. The molecule has 0 amide bonds. The van der Waals surface area contributed by atoms with Crippen molar-refractivity contribution in [3.05, 3.63) is 76.4 Å². The van der Waals surface area contributed by atoms with Gasteiger partial charge in [0.1, 0.15) is 10.8 Å². The fourth-order valence-corrected chi connectivity index (χ4v) is 4.76. The minimum atomic E-state index is -3.72. The summed E-state index contributed by atoms with van der Waals surface area (Å²) in [4.78, 5) is 3.35. The Labute approximate surface area is 177 Å². The summed E-state index contributed by atoms with van der Waals surface area (Å²) >= 11 is 12.3. The van der Waals surface area contributed by atoms with E-state index in [4.69, 9.17) is 33.7 Å². The van der Waals surface area contributed by atoms with Gasteiger partial charge >= 0.3 is 0 Å². The number of H-pyrrole nitrogens is 1. The molecule has 0 fully saturated rings. The molecule has 0 aliphatic carbocycles. The van der Waals surface area contributed by atoms with Crippen LogP contribution in [0, 0.1) is 13.0 Å². The van der Waals surface area contributed by atoms with E-state index in [0.29, 0.717) is 16.7 Å². The lowest BCUT2D eigenvalue weighted by atomic mass is 10.2. The van der Waals surface area contributed by atoms with E-state index < -0.39 is 9.84 Å². The Kier molecular flexibility index (Phi) is 4.94. The number of hydrogen-bond acceptors (Lipinski definition) is 4. The van der Waals surface area contributed by atoms with Crippen LogP contribution in [-0.4, -0.2) is 13.4 Å². The maximum absolute atomic E-state index is 13.1. The molecular weight excluding hydrogens is 431 g/mol. The molecule has 0 spiro atoms. The first-order chi connectivity index (χ1) is 13.8. The van der Waals surface area contributed by atoms with Gasteiger partial charge in [-0.05, 0) is 43.3 Å². The number of rotatable bonds is 4. The van der Waals surface area contributed by atoms with E-state index in [1.54, 1.807) is 42.5 Å². The summed E-state index contributed by atoms with van der Waals surface area (Å²) in [6.07, 6.45) is 1.47. The van der Waals surface area contributed by atoms with Crippen molar-refractivity contribution in [1.82, 2.24) is 4.98 Å². The molecule has 0 saturated heterocycles. The topological polar surface area (TPSA) is 85.2 Å². The molecule has 0 bridgehead atoms. The van der Waals surface area contributed by atoms with Crippen LogP contribution in [0.15, 0.2) is 64.5 Å². The number of aromatic nitrogens is 1. The minimum Gasteiger partial charge on any atom is -0.454 e. The normalized spacial score (nSPS) is 11.7. The third-order valence-corrected chi connectivity index (χ3v) is 6.93. The zero-order valence-electron chi connectivity index (χ0n) is 15.2. The Morgan fingerprint density at radius 1 is 1.10 bits per heavy atom. The third-order valence-electron chi connectivity index (χ3n) is 4.46. The van der Waals surface area contributed by atoms with Gasteiger partial charge in [0.05, 0.1) is 20.5 Å². The molecule has 8 heteroatoms. The Balaban J connectivity index is 1.80. The number of halogens is 2. The molecule has 5 nitrogen and oxygen atoms in total. The molecule has 4 rings (SSSR count). The smallest absolute Gasteiger partial charge is 0.208 e. The first-order valence-corrected chi connectivity index (χ1v) is 10.8. The predicted molar refractivity (Wildman–Crippen MR) is 115 cm³/mol. The predicted octanol–water partition coefficient (Wildman–Crippen LogP) is 5.79. The summed E-state index contributed by atoms with van der Waals surface area (Å²) in [6, 6.07) is 15.9. The van der Waals surface area contributed by atoms with Crippen LogP contribution in [0.25, 0.3) is 10.9 Å². The van der Waals surface area contributed by atoms with E-state index in [9.17, 15) is 8.42 Å². The average molecular weight is 446 g/mol. The van der Waals surface area contributed by atoms with Crippen LogP contribution in [0.3, 0.4) is 0 Å². The van der Waals surface area contributed by atoms with Crippen molar-refractivity contribution in [2.75, 3.05) is 5.73 Å².